The Balaban J connectivity index is 2.28. The molecule has 0 atom stereocenters. The van der Waals surface area contributed by atoms with Crippen molar-refractivity contribution in [3.05, 3.63) is 35.4 Å². The van der Waals surface area contributed by atoms with Crippen molar-refractivity contribution < 1.29 is 23.1 Å². The van der Waals surface area contributed by atoms with Gasteiger partial charge in [0.25, 0.3) is 0 Å². The summed E-state index contributed by atoms with van der Waals surface area (Å²) in [7, 11) is -3.52. The van der Waals surface area contributed by atoms with Crippen molar-refractivity contribution in [2.45, 2.75) is 11.8 Å². The van der Waals surface area contributed by atoms with Gasteiger partial charge >= 0.3 is 5.97 Å². The maximum Gasteiger partial charge on any atom is 0.328 e. The summed E-state index contributed by atoms with van der Waals surface area (Å²) in [5.74, 6) is -1.04. The number of ether oxygens (including phenoxy) is 1. The van der Waals surface area contributed by atoms with Gasteiger partial charge in [-0.3, -0.25) is 0 Å². The van der Waals surface area contributed by atoms with E-state index >= 15 is 0 Å². The van der Waals surface area contributed by atoms with Gasteiger partial charge in [0.15, 0.2) is 0 Å². The lowest BCUT2D eigenvalue weighted by Gasteiger charge is -2.26. The number of aliphatic carboxylic acids is 1. The average Bonchev–Trinajstić information content (AvgIpc) is 2.46. The number of hydrogen-bond donors (Lipinski definition) is 1. The fraction of sp³-hybridized carbons (Fsp3) is 0.357. The Morgan fingerprint density at radius 2 is 2.00 bits per heavy atom. The van der Waals surface area contributed by atoms with Gasteiger partial charge in [0, 0.05) is 19.2 Å². The second-order valence-corrected chi connectivity index (χ2v) is 6.64. The van der Waals surface area contributed by atoms with E-state index in [2.05, 4.69) is 0 Å². The fourth-order valence-electron chi connectivity index (χ4n) is 2.09. The molecule has 1 aromatic rings. The highest BCUT2D eigenvalue weighted by molar-refractivity contribution is 7.89. The van der Waals surface area contributed by atoms with Crippen molar-refractivity contribution in [1.29, 1.82) is 0 Å². The van der Waals surface area contributed by atoms with Crippen LogP contribution in [0.3, 0.4) is 0 Å². The highest BCUT2D eigenvalue weighted by atomic mass is 32.2. The van der Waals surface area contributed by atoms with Crippen LogP contribution in [0.15, 0.2) is 29.2 Å². The summed E-state index contributed by atoms with van der Waals surface area (Å²) < 4.78 is 31.5. The number of aryl methyl sites for hydroxylation is 1. The Morgan fingerprint density at radius 1 is 1.33 bits per heavy atom. The first-order chi connectivity index (χ1) is 9.91. The van der Waals surface area contributed by atoms with Crippen molar-refractivity contribution in [3.63, 3.8) is 0 Å². The van der Waals surface area contributed by atoms with Crippen LogP contribution >= 0.6 is 0 Å². The van der Waals surface area contributed by atoms with Gasteiger partial charge in [0.05, 0.1) is 18.1 Å². The topological polar surface area (TPSA) is 83.9 Å². The number of carboxylic acid groups (broad SMARTS) is 1. The molecule has 21 heavy (non-hydrogen) atoms. The normalized spacial score (nSPS) is 17.2. The average molecular weight is 311 g/mol. The lowest BCUT2D eigenvalue weighted by molar-refractivity contribution is -0.131. The van der Waals surface area contributed by atoms with Crippen LogP contribution < -0.4 is 0 Å². The van der Waals surface area contributed by atoms with E-state index in [1.54, 1.807) is 19.1 Å². The molecular weight excluding hydrogens is 294 g/mol. The molecule has 7 heteroatoms. The Bertz CT molecular complexity index is 660. The first-order valence-electron chi connectivity index (χ1n) is 6.51. The number of rotatable bonds is 4. The smallest absolute Gasteiger partial charge is 0.328 e. The lowest BCUT2D eigenvalue weighted by atomic mass is 10.1. The molecule has 0 amide bonds. The first kappa shape index (κ1) is 15.7. The van der Waals surface area contributed by atoms with E-state index in [9.17, 15) is 13.2 Å². The largest absolute Gasteiger partial charge is 0.478 e. The van der Waals surface area contributed by atoms with Crippen LogP contribution in [0, 0.1) is 6.92 Å². The van der Waals surface area contributed by atoms with Gasteiger partial charge in [0.2, 0.25) is 10.0 Å². The molecule has 6 nitrogen and oxygen atoms in total. The van der Waals surface area contributed by atoms with Crippen LogP contribution in [0.5, 0.6) is 0 Å². The van der Waals surface area contributed by atoms with Gasteiger partial charge in [-0.05, 0) is 36.3 Å². The summed E-state index contributed by atoms with van der Waals surface area (Å²) in [5, 5.41) is 8.62. The van der Waals surface area contributed by atoms with Crippen LogP contribution in [0.2, 0.25) is 0 Å². The summed E-state index contributed by atoms with van der Waals surface area (Å²) in [6.07, 6.45) is 2.47. The number of hydrogen-bond acceptors (Lipinski definition) is 4. The SMILES string of the molecule is Cc1cc(S(=O)(=O)N2CCOCC2)ccc1C=CC(=O)O. The first-order valence-corrected chi connectivity index (χ1v) is 7.95. The van der Waals surface area contributed by atoms with Crippen LogP contribution in [-0.2, 0) is 19.6 Å². The maximum atomic E-state index is 12.5. The molecule has 114 valence electrons. The summed E-state index contributed by atoms with van der Waals surface area (Å²) in [4.78, 5) is 10.7. The zero-order chi connectivity index (χ0) is 15.5. The molecular formula is C14H17NO5S. The molecule has 1 saturated heterocycles. The van der Waals surface area contributed by atoms with E-state index in [1.807, 2.05) is 0 Å². The Labute approximate surface area is 123 Å². The molecule has 0 radical (unpaired) electrons. The second kappa shape index (κ2) is 6.38. The van der Waals surface area contributed by atoms with Crippen molar-refractivity contribution in [2.24, 2.45) is 0 Å². The van der Waals surface area contributed by atoms with Crippen molar-refractivity contribution in [2.75, 3.05) is 26.3 Å². The Morgan fingerprint density at radius 3 is 2.57 bits per heavy atom. The van der Waals surface area contributed by atoms with Crippen molar-refractivity contribution in [3.8, 4) is 0 Å². The quantitative estimate of drug-likeness (QED) is 0.842. The summed E-state index contributed by atoms with van der Waals surface area (Å²) >= 11 is 0. The van der Waals surface area contributed by atoms with Crippen molar-refractivity contribution in [1.82, 2.24) is 4.31 Å². The summed E-state index contributed by atoms with van der Waals surface area (Å²) in [6.45, 7) is 3.25. The predicted molar refractivity (Wildman–Crippen MR) is 77.4 cm³/mol. The van der Waals surface area contributed by atoms with Gasteiger partial charge in [-0.25, -0.2) is 13.2 Å². The van der Waals surface area contributed by atoms with Gasteiger partial charge in [-0.15, -0.1) is 0 Å². The van der Waals surface area contributed by atoms with Crippen LogP contribution in [0.25, 0.3) is 6.08 Å². The van der Waals surface area contributed by atoms with Crippen LogP contribution in [0.1, 0.15) is 11.1 Å². The molecule has 1 aliphatic heterocycles. The summed E-state index contributed by atoms with van der Waals surface area (Å²) in [5.41, 5.74) is 1.39. The van der Waals surface area contributed by atoms with E-state index in [0.717, 1.165) is 6.08 Å². The molecule has 0 aromatic heterocycles. The minimum absolute atomic E-state index is 0.217. The van der Waals surface area contributed by atoms with Crippen LogP contribution in [0.4, 0.5) is 0 Å². The van der Waals surface area contributed by atoms with Gasteiger partial charge < -0.3 is 9.84 Å². The monoisotopic (exact) mass is 311 g/mol. The van der Waals surface area contributed by atoms with E-state index in [0.29, 0.717) is 37.4 Å². The highest BCUT2D eigenvalue weighted by Gasteiger charge is 2.26. The third-order valence-corrected chi connectivity index (χ3v) is 5.15. The minimum atomic E-state index is -3.52. The fourth-order valence-corrected chi connectivity index (χ4v) is 3.59. The second-order valence-electron chi connectivity index (χ2n) is 4.71. The Kier molecular flexibility index (Phi) is 4.76. The van der Waals surface area contributed by atoms with E-state index in [4.69, 9.17) is 9.84 Å². The van der Waals surface area contributed by atoms with Crippen LogP contribution in [-0.4, -0.2) is 50.1 Å². The van der Waals surface area contributed by atoms with Gasteiger partial charge in [-0.2, -0.15) is 4.31 Å². The summed E-state index contributed by atoms with van der Waals surface area (Å²) in [6, 6.07) is 4.67. The third-order valence-electron chi connectivity index (χ3n) is 3.25. The lowest BCUT2D eigenvalue weighted by Crippen LogP contribution is -2.40. The number of carboxylic acids is 1. The predicted octanol–water partition coefficient (Wildman–Crippen LogP) is 1.11. The molecule has 0 aliphatic carbocycles. The van der Waals surface area contributed by atoms with Gasteiger partial charge in [0.1, 0.15) is 0 Å². The molecule has 2 rings (SSSR count). The van der Waals surface area contributed by atoms with Gasteiger partial charge in [-0.1, -0.05) is 6.07 Å². The van der Waals surface area contributed by atoms with E-state index in [-0.39, 0.29) is 4.90 Å². The number of nitrogens with zero attached hydrogens (tertiary/aromatic N) is 1. The number of benzene rings is 1. The highest BCUT2D eigenvalue weighted by Crippen LogP contribution is 2.21. The third kappa shape index (κ3) is 3.69. The zero-order valence-corrected chi connectivity index (χ0v) is 12.5. The maximum absolute atomic E-state index is 12.5. The molecule has 0 saturated carbocycles. The molecule has 0 bridgehead atoms. The number of carbonyl (C=O) groups is 1. The molecule has 1 aromatic carbocycles. The standard InChI is InChI=1S/C14H17NO5S/c1-11-10-13(4-2-12(11)3-5-14(16)17)21(18,19)15-6-8-20-9-7-15/h2-5,10H,6-9H2,1H3,(H,16,17). The molecule has 1 aliphatic rings. The molecule has 1 fully saturated rings. The molecule has 0 spiro atoms. The molecule has 1 heterocycles. The molecule has 0 unspecified atom stereocenters. The minimum Gasteiger partial charge on any atom is -0.478 e. The Hall–Kier alpha value is -1.70. The van der Waals surface area contributed by atoms with Crippen molar-refractivity contribution >= 4 is 22.1 Å². The molecule has 1 N–H and O–H groups in total. The van der Waals surface area contributed by atoms with E-state index < -0.39 is 16.0 Å². The number of morpholine rings is 1. The zero-order valence-electron chi connectivity index (χ0n) is 11.7. The van der Waals surface area contributed by atoms with E-state index in [1.165, 1.54) is 16.4 Å². The number of sulfonamides is 1.